The van der Waals surface area contributed by atoms with Gasteiger partial charge in [-0.05, 0) is 25.5 Å². The van der Waals surface area contributed by atoms with Crippen LogP contribution in [0.5, 0.6) is 0 Å². The summed E-state index contributed by atoms with van der Waals surface area (Å²) in [5.74, 6) is 0. The van der Waals surface area contributed by atoms with Gasteiger partial charge in [0, 0.05) is 32.0 Å². The SMILES string of the molecule is CCOC(CNCc1ccccc1N)OCC. The highest BCUT2D eigenvalue weighted by molar-refractivity contribution is 5.46. The third-order valence-corrected chi connectivity index (χ3v) is 2.39. The molecule has 0 bridgehead atoms. The van der Waals surface area contributed by atoms with Gasteiger partial charge in [-0.2, -0.15) is 0 Å². The highest BCUT2D eigenvalue weighted by Crippen LogP contribution is 2.09. The van der Waals surface area contributed by atoms with E-state index in [0.717, 1.165) is 17.8 Å². The Morgan fingerprint density at radius 3 is 2.41 bits per heavy atom. The summed E-state index contributed by atoms with van der Waals surface area (Å²) in [4.78, 5) is 0. The van der Waals surface area contributed by atoms with E-state index in [4.69, 9.17) is 15.2 Å². The summed E-state index contributed by atoms with van der Waals surface area (Å²) in [6.45, 7) is 6.61. The Labute approximate surface area is 103 Å². The number of benzene rings is 1. The van der Waals surface area contributed by atoms with Gasteiger partial charge in [0.2, 0.25) is 0 Å². The second-order valence-corrected chi connectivity index (χ2v) is 3.67. The molecule has 0 saturated carbocycles. The zero-order chi connectivity index (χ0) is 12.5. The fraction of sp³-hybridized carbons (Fsp3) is 0.538. The van der Waals surface area contributed by atoms with Crippen LogP contribution in [0.4, 0.5) is 5.69 Å². The van der Waals surface area contributed by atoms with Crippen molar-refractivity contribution in [1.29, 1.82) is 0 Å². The number of nitrogens with two attached hydrogens (primary N) is 1. The van der Waals surface area contributed by atoms with Crippen molar-refractivity contribution in [3.05, 3.63) is 29.8 Å². The Kier molecular flexibility index (Phi) is 6.62. The number of hydrogen-bond donors (Lipinski definition) is 2. The molecule has 1 aromatic carbocycles. The number of nitrogens with one attached hydrogen (secondary N) is 1. The maximum atomic E-state index is 5.85. The van der Waals surface area contributed by atoms with Gasteiger partial charge in [0.15, 0.2) is 6.29 Å². The molecule has 0 aliphatic carbocycles. The second kappa shape index (κ2) is 8.06. The fourth-order valence-electron chi connectivity index (χ4n) is 1.56. The molecule has 0 spiro atoms. The van der Waals surface area contributed by atoms with E-state index in [1.807, 2.05) is 38.1 Å². The highest BCUT2D eigenvalue weighted by Gasteiger charge is 2.07. The van der Waals surface area contributed by atoms with Crippen LogP contribution in [0.15, 0.2) is 24.3 Å². The van der Waals surface area contributed by atoms with E-state index in [0.29, 0.717) is 19.8 Å². The fourth-order valence-corrected chi connectivity index (χ4v) is 1.56. The molecule has 4 heteroatoms. The van der Waals surface area contributed by atoms with Crippen LogP contribution in [0, 0.1) is 0 Å². The lowest BCUT2D eigenvalue weighted by Crippen LogP contribution is -2.31. The largest absolute Gasteiger partial charge is 0.398 e. The first kappa shape index (κ1) is 14.0. The standard InChI is InChI=1S/C13H22N2O2/c1-3-16-13(17-4-2)10-15-9-11-7-5-6-8-12(11)14/h5-8,13,15H,3-4,9-10,14H2,1-2H3. The minimum atomic E-state index is -0.185. The Morgan fingerprint density at radius 1 is 1.18 bits per heavy atom. The van der Waals surface area contributed by atoms with Crippen molar-refractivity contribution in [3.8, 4) is 0 Å². The normalized spacial score (nSPS) is 11.0. The van der Waals surface area contributed by atoms with E-state index in [-0.39, 0.29) is 6.29 Å². The van der Waals surface area contributed by atoms with Gasteiger partial charge in [0.25, 0.3) is 0 Å². The predicted octanol–water partition coefficient (Wildman–Crippen LogP) is 1.76. The third-order valence-electron chi connectivity index (χ3n) is 2.39. The molecule has 4 nitrogen and oxygen atoms in total. The lowest BCUT2D eigenvalue weighted by Gasteiger charge is -2.17. The van der Waals surface area contributed by atoms with Crippen molar-refractivity contribution in [2.75, 3.05) is 25.5 Å². The van der Waals surface area contributed by atoms with Gasteiger partial charge in [-0.1, -0.05) is 18.2 Å². The number of para-hydroxylation sites is 1. The number of ether oxygens (including phenoxy) is 2. The van der Waals surface area contributed by atoms with Crippen molar-refractivity contribution in [1.82, 2.24) is 5.32 Å². The maximum absolute atomic E-state index is 5.85. The highest BCUT2D eigenvalue weighted by atomic mass is 16.7. The van der Waals surface area contributed by atoms with Crippen LogP contribution < -0.4 is 11.1 Å². The molecule has 0 aliphatic heterocycles. The molecular formula is C13H22N2O2. The molecule has 0 aliphatic rings. The average Bonchev–Trinajstić information content (AvgIpc) is 2.32. The van der Waals surface area contributed by atoms with Crippen LogP contribution in [0.1, 0.15) is 19.4 Å². The summed E-state index contributed by atoms with van der Waals surface area (Å²) in [6.07, 6.45) is -0.185. The Hall–Kier alpha value is -1.10. The zero-order valence-corrected chi connectivity index (χ0v) is 10.6. The molecule has 0 heterocycles. The van der Waals surface area contributed by atoms with Crippen molar-refractivity contribution in [2.45, 2.75) is 26.7 Å². The van der Waals surface area contributed by atoms with Crippen molar-refractivity contribution < 1.29 is 9.47 Å². The van der Waals surface area contributed by atoms with Crippen LogP contribution >= 0.6 is 0 Å². The maximum Gasteiger partial charge on any atom is 0.169 e. The Morgan fingerprint density at radius 2 is 1.82 bits per heavy atom. The molecule has 0 unspecified atom stereocenters. The number of hydrogen-bond acceptors (Lipinski definition) is 4. The molecule has 1 aromatic rings. The number of anilines is 1. The number of rotatable bonds is 8. The molecule has 3 N–H and O–H groups in total. The molecule has 17 heavy (non-hydrogen) atoms. The Balaban J connectivity index is 2.33. The van der Waals surface area contributed by atoms with Gasteiger partial charge >= 0.3 is 0 Å². The first-order chi connectivity index (χ1) is 8.27. The van der Waals surface area contributed by atoms with Gasteiger partial charge in [0.1, 0.15) is 0 Å². The summed E-state index contributed by atoms with van der Waals surface area (Å²) in [5.41, 5.74) is 7.76. The summed E-state index contributed by atoms with van der Waals surface area (Å²) in [6, 6.07) is 7.83. The summed E-state index contributed by atoms with van der Waals surface area (Å²) in [7, 11) is 0. The van der Waals surface area contributed by atoms with Crippen molar-refractivity contribution >= 4 is 5.69 Å². The lowest BCUT2D eigenvalue weighted by atomic mass is 10.2. The average molecular weight is 238 g/mol. The zero-order valence-electron chi connectivity index (χ0n) is 10.6. The van der Waals surface area contributed by atoms with Crippen molar-refractivity contribution in [2.24, 2.45) is 0 Å². The van der Waals surface area contributed by atoms with Gasteiger partial charge in [0.05, 0.1) is 0 Å². The summed E-state index contributed by atoms with van der Waals surface area (Å²) in [5, 5.41) is 3.28. The van der Waals surface area contributed by atoms with Crippen LogP contribution in [-0.4, -0.2) is 26.0 Å². The smallest absolute Gasteiger partial charge is 0.169 e. The third kappa shape index (κ3) is 5.17. The topological polar surface area (TPSA) is 56.5 Å². The predicted molar refractivity (Wildman–Crippen MR) is 69.6 cm³/mol. The van der Waals surface area contributed by atoms with E-state index in [2.05, 4.69) is 5.32 Å². The second-order valence-electron chi connectivity index (χ2n) is 3.67. The van der Waals surface area contributed by atoms with E-state index < -0.39 is 0 Å². The van der Waals surface area contributed by atoms with E-state index >= 15 is 0 Å². The monoisotopic (exact) mass is 238 g/mol. The van der Waals surface area contributed by atoms with E-state index in [1.54, 1.807) is 0 Å². The lowest BCUT2D eigenvalue weighted by molar-refractivity contribution is -0.133. The molecule has 0 amide bonds. The molecule has 0 atom stereocenters. The summed E-state index contributed by atoms with van der Waals surface area (Å²) < 4.78 is 10.9. The van der Waals surface area contributed by atoms with Crippen LogP contribution in [0.3, 0.4) is 0 Å². The molecular weight excluding hydrogens is 216 g/mol. The van der Waals surface area contributed by atoms with Gasteiger partial charge in [-0.3, -0.25) is 0 Å². The van der Waals surface area contributed by atoms with Gasteiger partial charge in [-0.25, -0.2) is 0 Å². The van der Waals surface area contributed by atoms with E-state index in [1.165, 1.54) is 0 Å². The van der Waals surface area contributed by atoms with Gasteiger partial charge < -0.3 is 20.5 Å². The first-order valence-corrected chi connectivity index (χ1v) is 6.05. The molecule has 0 saturated heterocycles. The summed E-state index contributed by atoms with van der Waals surface area (Å²) >= 11 is 0. The van der Waals surface area contributed by atoms with Crippen molar-refractivity contribution in [3.63, 3.8) is 0 Å². The van der Waals surface area contributed by atoms with Crippen LogP contribution in [-0.2, 0) is 16.0 Å². The molecule has 0 aromatic heterocycles. The first-order valence-electron chi connectivity index (χ1n) is 6.05. The molecule has 1 rings (SSSR count). The minimum Gasteiger partial charge on any atom is -0.398 e. The van der Waals surface area contributed by atoms with Gasteiger partial charge in [-0.15, -0.1) is 0 Å². The number of nitrogen functional groups attached to an aromatic ring is 1. The van der Waals surface area contributed by atoms with Crippen LogP contribution in [0.25, 0.3) is 0 Å². The van der Waals surface area contributed by atoms with E-state index in [9.17, 15) is 0 Å². The molecule has 96 valence electrons. The molecule has 0 fully saturated rings. The Bertz CT molecular complexity index is 312. The van der Waals surface area contributed by atoms with Crippen LogP contribution in [0.2, 0.25) is 0 Å². The molecule has 0 radical (unpaired) electrons. The minimum absolute atomic E-state index is 0.185. The quantitative estimate of drug-likeness (QED) is 0.535.